The lowest BCUT2D eigenvalue weighted by atomic mass is 10.0. The molecule has 2 aromatic carbocycles. The molecule has 0 spiro atoms. The standard InChI is InChI=1S/C17H17ClN2/c1-12(15-6-3-5-14(9-15)11-19)20-13(2)16-7-4-8-17(18)10-16/h3-10,12-13,20H,1-2H3. The molecule has 0 amide bonds. The molecule has 0 saturated heterocycles. The van der Waals surface area contributed by atoms with Crippen LogP contribution >= 0.6 is 11.6 Å². The Kier molecular flexibility index (Phi) is 4.79. The molecule has 2 nitrogen and oxygen atoms in total. The lowest BCUT2D eigenvalue weighted by molar-refractivity contribution is 0.494. The summed E-state index contributed by atoms with van der Waals surface area (Å²) in [5.74, 6) is 0. The summed E-state index contributed by atoms with van der Waals surface area (Å²) in [5, 5.41) is 13.2. The lowest BCUT2D eigenvalue weighted by Crippen LogP contribution is -2.22. The van der Waals surface area contributed by atoms with E-state index in [9.17, 15) is 0 Å². The second kappa shape index (κ2) is 6.56. The highest BCUT2D eigenvalue weighted by Crippen LogP contribution is 2.22. The summed E-state index contributed by atoms with van der Waals surface area (Å²) in [6.07, 6.45) is 0. The molecular weight excluding hydrogens is 268 g/mol. The topological polar surface area (TPSA) is 35.8 Å². The molecule has 0 fully saturated rings. The van der Waals surface area contributed by atoms with Gasteiger partial charge in [-0.25, -0.2) is 0 Å². The van der Waals surface area contributed by atoms with E-state index in [0.29, 0.717) is 5.56 Å². The third-order valence-electron chi connectivity index (χ3n) is 3.36. The summed E-state index contributed by atoms with van der Waals surface area (Å²) in [6, 6.07) is 18.1. The molecule has 1 N–H and O–H groups in total. The smallest absolute Gasteiger partial charge is 0.0991 e. The van der Waals surface area contributed by atoms with Gasteiger partial charge in [0, 0.05) is 17.1 Å². The van der Waals surface area contributed by atoms with Gasteiger partial charge in [0.05, 0.1) is 11.6 Å². The van der Waals surface area contributed by atoms with Crippen LogP contribution in [-0.2, 0) is 0 Å². The van der Waals surface area contributed by atoms with Crippen LogP contribution < -0.4 is 5.32 Å². The van der Waals surface area contributed by atoms with Gasteiger partial charge in [0.1, 0.15) is 0 Å². The van der Waals surface area contributed by atoms with Crippen molar-refractivity contribution in [2.45, 2.75) is 25.9 Å². The van der Waals surface area contributed by atoms with Crippen molar-refractivity contribution in [3.63, 3.8) is 0 Å². The molecule has 0 heterocycles. The van der Waals surface area contributed by atoms with Gasteiger partial charge in [0.25, 0.3) is 0 Å². The van der Waals surface area contributed by atoms with E-state index in [1.165, 1.54) is 0 Å². The second-order valence-corrected chi connectivity index (χ2v) is 5.34. The van der Waals surface area contributed by atoms with Gasteiger partial charge in [-0.3, -0.25) is 0 Å². The van der Waals surface area contributed by atoms with Crippen molar-refractivity contribution < 1.29 is 0 Å². The van der Waals surface area contributed by atoms with Crippen molar-refractivity contribution in [2.24, 2.45) is 0 Å². The van der Waals surface area contributed by atoms with Gasteiger partial charge >= 0.3 is 0 Å². The number of nitrogens with zero attached hydrogens (tertiary/aromatic N) is 1. The molecule has 0 aliphatic carbocycles. The molecule has 2 aromatic rings. The van der Waals surface area contributed by atoms with Crippen molar-refractivity contribution in [2.75, 3.05) is 0 Å². The third kappa shape index (κ3) is 3.60. The summed E-state index contributed by atoms with van der Waals surface area (Å²) >= 11 is 6.02. The van der Waals surface area contributed by atoms with E-state index in [-0.39, 0.29) is 12.1 Å². The predicted molar refractivity (Wildman–Crippen MR) is 82.6 cm³/mol. The second-order valence-electron chi connectivity index (χ2n) is 4.90. The van der Waals surface area contributed by atoms with Crippen molar-refractivity contribution in [1.29, 1.82) is 5.26 Å². The number of rotatable bonds is 4. The van der Waals surface area contributed by atoms with Crippen LogP contribution in [0.4, 0.5) is 0 Å². The monoisotopic (exact) mass is 284 g/mol. The van der Waals surface area contributed by atoms with Gasteiger partial charge in [-0.05, 0) is 49.2 Å². The quantitative estimate of drug-likeness (QED) is 0.889. The van der Waals surface area contributed by atoms with Gasteiger partial charge in [-0.15, -0.1) is 0 Å². The first-order valence-electron chi connectivity index (χ1n) is 6.61. The maximum Gasteiger partial charge on any atom is 0.0991 e. The van der Waals surface area contributed by atoms with Crippen LogP contribution in [0.15, 0.2) is 48.5 Å². The first kappa shape index (κ1) is 14.6. The molecule has 2 unspecified atom stereocenters. The Balaban J connectivity index is 2.11. The highest BCUT2D eigenvalue weighted by atomic mass is 35.5. The Morgan fingerprint density at radius 3 is 2.20 bits per heavy atom. The Labute approximate surface area is 125 Å². The van der Waals surface area contributed by atoms with E-state index < -0.39 is 0 Å². The number of hydrogen-bond donors (Lipinski definition) is 1. The van der Waals surface area contributed by atoms with E-state index in [1.807, 2.05) is 42.5 Å². The van der Waals surface area contributed by atoms with Crippen molar-refractivity contribution in [3.8, 4) is 6.07 Å². The summed E-state index contributed by atoms with van der Waals surface area (Å²) in [4.78, 5) is 0. The molecule has 0 aliphatic rings. The van der Waals surface area contributed by atoms with Crippen molar-refractivity contribution in [1.82, 2.24) is 5.32 Å². The van der Waals surface area contributed by atoms with Crippen LogP contribution in [0.3, 0.4) is 0 Å². The van der Waals surface area contributed by atoms with Crippen LogP contribution in [0, 0.1) is 11.3 Å². The third-order valence-corrected chi connectivity index (χ3v) is 3.60. The Hall–Kier alpha value is -1.82. The van der Waals surface area contributed by atoms with Gasteiger partial charge < -0.3 is 5.32 Å². The van der Waals surface area contributed by atoms with E-state index >= 15 is 0 Å². The fourth-order valence-electron chi connectivity index (χ4n) is 2.22. The number of nitrogens with one attached hydrogen (secondary N) is 1. The zero-order chi connectivity index (χ0) is 14.5. The first-order chi connectivity index (χ1) is 9.60. The van der Waals surface area contributed by atoms with Gasteiger partial charge in [-0.2, -0.15) is 5.26 Å². The van der Waals surface area contributed by atoms with Crippen LogP contribution in [0.1, 0.15) is 42.6 Å². The number of nitriles is 1. The van der Waals surface area contributed by atoms with Crippen LogP contribution in [0.25, 0.3) is 0 Å². The van der Waals surface area contributed by atoms with Crippen LogP contribution in [0.2, 0.25) is 5.02 Å². The molecular formula is C17H17ClN2. The SMILES string of the molecule is CC(NC(C)c1cccc(C#N)c1)c1cccc(Cl)c1. The van der Waals surface area contributed by atoms with E-state index in [2.05, 4.69) is 31.3 Å². The molecule has 0 bridgehead atoms. The van der Waals surface area contributed by atoms with Crippen LogP contribution in [0.5, 0.6) is 0 Å². The van der Waals surface area contributed by atoms with Gasteiger partial charge in [-0.1, -0.05) is 35.9 Å². The Morgan fingerprint density at radius 2 is 1.60 bits per heavy atom. The van der Waals surface area contributed by atoms with Crippen molar-refractivity contribution >= 4 is 11.6 Å². The highest BCUT2D eigenvalue weighted by molar-refractivity contribution is 6.30. The van der Waals surface area contributed by atoms with Crippen molar-refractivity contribution in [3.05, 3.63) is 70.2 Å². The summed E-state index contributed by atoms with van der Waals surface area (Å²) in [6.45, 7) is 4.20. The minimum atomic E-state index is 0.164. The zero-order valence-electron chi connectivity index (χ0n) is 11.6. The molecule has 3 heteroatoms. The maximum atomic E-state index is 8.95. The zero-order valence-corrected chi connectivity index (χ0v) is 12.4. The fourth-order valence-corrected chi connectivity index (χ4v) is 2.42. The Morgan fingerprint density at radius 1 is 1.00 bits per heavy atom. The molecule has 2 atom stereocenters. The minimum absolute atomic E-state index is 0.164. The average Bonchev–Trinajstić information content (AvgIpc) is 2.47. The summed E-state index contributed by atoms with van der Waals surface area (Å²) < 4.78 is 0. The molecule has 2 rings (SSSR count). The fraction of sp³-hybridized carbons (Fsp3) is 0.235. The Bertz CT molecular complexity index is 631. The summed E-state index contributed by atoms with van der Waals surface area (Å²) in [5.41, 5.74) is 2.95. The highest BCUT2D eigenvalue weighted by Gasteiger charge is 2.11. The molecule has 0 aliphatic heterocycles. The molecule has 102 valence electrons. The first-order valence-corrected chi connectivity index (χ1v) is 6.99. The maximum absolute atomic E-state index is 8.95. The largest absolute Gasteiger partial charge is 0.304 e. The number of halogens is 1. The normalized spacial score (nSPS) is 13.5. The van der Waals surface area contributed by atoms with E-state index in [4.69, 9.17) is 16.9 Å². The van der Waals surface area contributed by atoms with E-state index in [0.717, 1.165) is 16.1 Å². The summed E-state index contributed by atoms with van der Waals surface area (Å²) in [7, 11) is 0. The van der Waals surface area contributed by atoms with Gasteiger partial charge in [0.2, 0.25) is 0 Å². The molecule has 0 aromatic heterocycles. The number of hydrogen-bond acceptors (Lipinski definition) is 2. The molecule has 0 radical (unpaired) electrons. The van der Waals surface area contributed by atoms with E-state index in [1.54, 1.807) is 0 Å². The number of benzene rings is 2. The minimum Gasteiger partial charge on any atom is -0.304 e. The van der Waals surface area contributed by atoms with Crippen LogP contribution in [-0.4, -0.2) is 0 Å². The lowest BCUT2D eigenvalue weighted by Gasteiger charge is -2.21. The predicted octanol–water partition coefficient (Wildman–Crippen LogP) is 4.62. The molecule has 20 heavy (non-hydrogen) atoms. The van der Waals surface area contributed by atoms with Gasteiger partial charge in [0.15, 0.2) is 0 Å². The molecule has 0 saturated carbocycles. The average molecular weight is 285 g/mol.